The van der Waals surface area contributed by atoms with Crippen LogP contribution in [0, 0.1) is 5.82 Å². The van der Waals surface area contributed by atoms with Gasteiger partial charge in [0.25, 0.3) is 10.0 Å². The SMILES string of the molecule is CNCc1ccc(F)c(S(=O)(=O)Nc2ccccc2)c1. The van der Waals surface area contributed by atoms with E-state index in [1.807, 2.05) is 0 Å². The molecule has 0 bridgehead atoms. The van der Waals surface area contributed by atoms with Gasteiger partial charge in [0.15, 0.2) is 0 Å². The summed E-state index contributed by atoms with van der Waals surface area (Å²) in [5.41, 5.74) is 1.09. The van der Waals surface area contributed by atoms with Crippen molar-refractivity contribution in [3.05, 3.63) is 59.9 Å². The van der Waals surface area contributed by atoms with Crippen molar-refractivity contribution < 1.29 is 12.8 Å². The van der Waals surface area contributed by atoms with Crippen LogP contribution < -0.4 is 10.0 Å². The maximum atomic E-state index is 13.8. The van der Waals surface area contributed by atoms with Crippen LogP contribution in [0.15, 0.2) is 53.4 Å². The van der Waals surface area contributed by atoms with Crippen molar-refractivity contribution in [2.45, 2.75) is 11.4 Å². The zero-order valence-corrected chi connectivity index (χ0v) is 11.7. The van der Waals surface area contributed by atoms with Crippen LogP contribution in [-0.4, -0.2) is 15.5 Å². The summed E-state index contributed by atoms with van der Waals surface area (Å²) in [6.07, 6.45) is 0. The molecule has 0 fully saturated rings. The van der Waals surface area contributed by atoms with Crippen molar-refractivity contribution >= 4 is 15.7 Å². The molecule has 0 spiro atoms. The fourth-order valence-electron chi connectivity index (χ4n) is 1.78. The van der Waals surface area contributed by atoms with Crippen molar-refractivity contribution in [2.75, 3.05) is 11.8 Å². The summed E-state index contributed by atoms with van der Waals surface area (Å²) in [6, 6.07) is 12.4. The van der Waals surface area contributed by atoms with E-state index in [4.69, 9.17) is 0 Å². The topological polar surface area (TPSA) is 58.2 Å². The Balaban J connectivity index is 2.36. The first kappa shape index (κ1) is 14.5. The fourth-order valence-corrected chi connectivity index (χ4v) is 2.97. The van der Waals surface area contributed by atoms with Gasteiger partial charge < -0.3 is 5.32 Å². The van der Waals surface area contributed by atoms with Gasteiger partial charge in [-0.05, 0) is 36.9 Å². The molecule has 0 saturated heterocycles. The molecule has 0 heterocycles. The number of anilines is 1. The van der Waals surface area contributed by atoms with Gasteiger partial charge in [-0.25, -0.2) is 12.8 Å². The normalized spacial score (nSPS) is 11.3. The van der Waals surface area contributed by atoms with Gasteiger partial charge in [-0.1, -0.05) is 24.3 Å². The maximum Gasteiger partial charge on any atom is 0.264 e. The molecule has 0 aliphatic heterocycles. The van der Waals surface area contributed by atoms with E-state index in [9.17, 15) is 12.8 Å². The summed E-state index contributed by atoms with van der Waals surface area (Å²) >= 11 is 0. The monoisotopic (exact) mass is 294 g/mol. The van der Waals surface area contributed by atoms with E-state index in [0.717, 1.165) is 6.07 Å². The predicted molar refractivity (Wildman–Crippen MR) is 76.4 cm³/mol. The molecule has 2 N–H and O–H groups in total. The van der Waals surface area contributed by atoms with Gasteiger partial charge in [0.05, 0.1) is 0 Å². The number of hydrogen-bond acceptors (Lipinski definition) is 3. The van der Waals surface area contributed by atoms with E-state index in [2.05, 4.69) is 10.0 Å². The summed E-state index contributed by atoms with van der Waals surface area (Å²) in [5, 5.41) is 2.89. The Hall–Kier alpha value is -1.92. The minimum absolute atomic E-state index is 0.353. The molecular formula is C14H15FN2O2S. The lowest BCUT2D eigenvalue weighted by molar-refractivity contribution is 0.569. The lowest BCUT2D eigenvalue weighted by Gasteiger charge is -2.10. The Morgan fingerprint density at radius 3 is 2.45 bits per heavy atom. The van der Waals surface area contributed by atoms with Crippen molar-refractivity contribution in [1.82, 2.24) is 5.32 Å². The number of sulfonamides is 1. The summed E-state index contributed by atoms with van der Waals surface area (Å²) in [5.74, 6) is -0.770. The molecule has 2 rings (SSSR count). The highest BCUT2D eigenvalue weighted by atomic mass is 32.2. The van der Waals surface area contributed by atoms with Crippen LogP contribution in [0.1, 0.15) is 5.56 Å². The van der Waals surface area contributed by atoms with E-state index in [1.165, 1.54) is 6.07 Å². The fraction of sp³-hybridized carbons (Fsp3) is 0.143. The number of hydrogen-bond donors (Lipinski definition) is 2. The lowest BCUT2D eigenvalue weighted by atomic mass is 10.2. The molecule has 0 unspecified atom stereocenters. The van der Waals surface area contributed by atoms with Crippen molar-refractivity contribution in [2.24, 2.45) is 0 Å². The third-order valence-corrected chi connectivity index (χ3v) is 4.09. The highest BCUT2D eigenvalue weighted by molar-refractivity contribution is 7.92. The average molecular weight is 294 g/mol. The van der Waals surface area contributed by atoms with Crippen LogP contribution in [0.2, 0.25) is 0 Å². The quantitative estimate of drug-likeness (QED) is 0.890. The minimum atomic E-state index is -3.94. The Morgan fingerprint density at radius 2 is 1.80 bits per heavy atom. The highest BCUT2D eigenvalue weighted by Gasteiger charge is 2.19. The second-order valence-electron chi connectivity index (χ2n) is 4.27. The summed E-state index contributed by atoms with van der Waals surface area (Å²) in [7, 11) is -2.20. The molecule has 0 radical (unpaired) electrons. The third kappa shape index (κ3) is 3.34. The van der Waals surface area contributed by atoms with Crippen molar-refractivity contribution in [3.8, 4) is 0 Å². The molecule has 0 aromatic heterocycles. The van der Waals surface area contributed by atoms with Gasteiger partial charge in [-0.15, -0.1) is 0 Å². The van der Waals surface area contributed by atoms with Crippen LogP contribution in [0.3, 0.4) is 0 Å². The number of rotatable bonds is 5. The average Bonchev–Trinajstić information content (AvgIpc) is 2.42. The van der Waals surface area contributed by atoms with Crippen LogP contribution >= 0.6 is 0 Å². The molecule has 0 aliphatic rings. The van der Waals surface area contributed by atoms with Crippen LogP contribution in [0.25, 0.3) is 0 Å². The number of para-hydroxylation sites is 1. The van der Waals surface area contributed by atoms with E-state index in [-0.39, 0.29) is 4.90 Å². The molecule has 2 aromatic rings. The Bertz CT molecular complexity index is 688. The molecule has 0 aliphatic carbocycles. The summed E-state index contributed by atoms with van der Waals surface area (Å²) < 4.78 is 40.5. The molecule has 0 saturated carbocycles. The lowest BCUT2D eigenvalue weighted by Crippen LogP contribution is -2.15. The predicted octanol–water partition coefficient (Wildman–Crippen LogP) is 2.35. The first-order valence-electron chi connectivity index (χ1n) is 6.04. The van der Waals surface area contributed by atoms with Gasteiger partial charge >= 0.3 is 0 Å². The molecule has 2 aromatic carbocycles. The molecule has 0 amide bonds. The number of nitrogens with one attached hydrogen (secondary N) is 2. The van der Waals surface area contributed by atoms with E-state index in [1.54, 1.807) is 43.4 Å². The van der Waals surface area contributed by atoms with Crippen molar-refractivity contribution in [3.63, 3.8) is 0 Å². The second-order valence-corrected chi connectivity index (χ2v) is 5.92. The van der Waals surface area contributed by atoms with Gasteiger partial charge in [-0.2, -0.15) is 0 Å². The molecule has 0 atom stereocenters. The Labute approximate surface area is 117 Å². The van der Waals surface area contributed by atoms with Crippen molar-refractivity contribution in [1.29, 1.82) is 0 Å². The number of benzene rings is 2. The number of halogens is 1. The summed E-state index contributed by atoms with van der Waals surface area (Å²) in [4.78, 5) is -0.353. The van der Waals surface area contributed by atoms with Crippen LogP contribution in [0.5, 0.6) is 0 Å². The zero-order chi connectivity index (χ0) is 14.6. The standard InChI is InChI=1S/C14H15FN2O2S/c1-16-10-11-7-8-13(15)14(9-11)20(18,19)17-12-5-3-2-4-6-12/h2-9,16-17H,10H2,1H3. The first-order valence-corrected chi connectivity index (χ1v) is 7.52. The van der Waals surface area contributed by atoms with E-state index in [0.29, 0.717) is 17.8 Å². The van der Waals surface area contributed by atoms with E-state index >= 15 is 0 Å². The van der Waals surface area contributed by atoms with Gasteiger partial charge in [0.1, 0.15) is 10.7 Å². The Kier molecular flexibility index (Phi) is 4.36. The van der Waals surface area contributed by atoms with Gasteiger partial charge in [-0.3, -0.25) is 4.72 Å². The molecular weight excluding hydrogens is 279 g/mol. The zero-order valence-electron chi connectivity index (χ0n) is 10.9. The first-order chi connectivity index (χ1) is 9.53. The van der Waals surface area contributed by atoms with Gasteiger partial charge in [0, 0.05) is 12.2 Å². The van der Waals surface area contributed by atoms with Gasteiger partial charge in [0.2, 0.25) is 0 Å². The smallest absolute Gasteiger partial charge is 0.264 e. The summed E-state index contributed by atoms with van der Waals surface area (Å²) in [6.45, 7) is 0.466. The highest BCUT2D eigenvalue weighted by Crippen LogP contribution is 2.20. The van der Waals surface area contributed by atoms with E-state index < -0.39 is 15.8 Å². The molecule has 4 nitrogen and oxygen atoms in total. The second kappa shape index (κ2) is 6.02. The minimum Gasteiger partial charge on any atom is -0.316 e. The van der Waals surface area contributed by atoms with Crippen LogP contribution in [0.4, 0.5) is 10.1 Å². The Morgan fingerprint density at radius 1 is 1.10 bits per heavy atom. The molecule has 6 heteroatoms. The maximum absolute atomic E-state index is 13.8. The molecule has 20 heavy (non-hydrogen) atoms. The van der Waals surface area contributed by atoms with Crippen LogP contribution in [-0.2, 0) is 16.6 Å². The largest absolute Gasteiger partial charge is 0.316 e. The molecule has 106 valence electrons. The third-order valence-electron chi connectivity index (χ3n) is 2.69.